The molecule has 2 heterocycles. The first-order valence-corrected chi connectivity index (χ1v) is 8.54. The highest BCUT2D eigenvalue weighted by atomic mass is 35.5. The van der Waals surface area contributed by atoms with E-state index >= 15 is 0 Å². The number of rotatable bonds is 4. The van der Waals surface area contributed by atoms with E-state index in [1.165, 1.54) is 0 Å². The molecule has 2 N–H and O–H groups in total. The van der Waals surface area contributed by atoms with Crippen molar-refractivity contribution in [2.24, 2.45) is 0 Å². The van der Waals surface area contributed by atoms with Crippen LogP contribution in [0.25, 0.3) is 22.0 Å². The van der Waals surface area contributed by atoms with Gasteiger partial charge < -0.3 is 10.1 Å². The zero-order valence-electron chi connectivity index (χ0n) is 14.4. The third kappa shape index (κ3) is 3.21. The molecule has 0 saturated heterocycles. The van der Waals surface area contributed by atoms with Crippen molar-refractivity contribution < 1.29 is 4.74 Å². The number of pyridine rings is 1. The molecule has 0 aliphatic rings. The second kappa shape index (κ2) is 6.69. The minimum Gasteiger partial charge on any atom is -0.497 e. The van der Waals surface area contributed by atoms with E-state index in [-0.39, 0.29) is 0 Å². The summed E-state index contributed by atoms with van der Waals surface area (Å²) < 4.78 is 5.37. The number of nitrogens with one attached hydrogen (secondary N) is 2. The fraction of sp³-hybridized carbons (Fsp3) is 0.100. The second-order valence-electron chi connectivity index (χ2n) is 6.01. The lowest BCUT2D eigenvalue weighted by Gasteiger charge is -2.11. The van der Waals surface area contributed by atoms with Gasteiger partial charge in [-0.2, -0.15) is 5.10 Å². The zero-order valence-corrected chi connectivity index (χ0v) is 15.1. The van der Waals surface area contributed by atoms with Crippen LogP contribution in [-0.4, -0.2) is 22.3 Å². The lowest BCUT2D eigenvalue weighted by atomic mass is 10.0. The van der Waals surface area contributed by atoms with Crippen LogP contribution in [0.2, 0.25) is 5.02 Å². The number of halogens is 1. The standard InChI is InChI=1S/C20H17ClN4O/c1-12-8-19(25-24-12)22-18-11-14-10-16(26-2)6-7-17(14)20(23-18)13-4-3-5-15(21)9-13/h3-11H,1-2H3,(H2,22,23,24,25). The average Bonchev–Trinajstić information content (AvgIpc) is 3.05. The molecular weight excluding hydrogens is 348 g/mol. The first-order chi connectivity index (χ1) is 12.6. The summed E-state index contributed by atoms with van der Waals surface area (Å²) in [5.41, 5.74) is 2.78. The zero-order chi connectivity index (χ0) is 18.1. The highest BCUT2D eigenvalue weighted by Crippen LogP contribution is 2.33. The summed E-state index contributed by atoms with van der Waals surface area (Å²) in [5, 5.41) is 13.1. The minimum atomic E-state index is 0.673. The number of benzene rings is 2. The van der Waals surface area contributed by atoms with Crippen molar-refractivity contribution in [1.29, 1.82) is 0 Å². The van der Waals surface area contributed by atoms with Crippen LogP contribution in [0.5, 0.6) is 5.75 Å². The van der Waals surface area contributed by atoms with Gasteiger partial charge >= 0.3 is 0 Å². The quantitative estimate of drug-likeness (QED) is 0.513. The highest BCUT2D eigenvalue weighted by molar-refractivity contribution is 6.30. The number of fused-ring (bicyclic) bond motifs is 1. The largest absolute Gasteiger partial charge is 0.497 e. The first-order valence-electron chi connectivity index (χ1n) is 8.16. The molecule has 5 nitrogen and oxygen atoms in total. The third-order valence-electron chi connectivity index (χ3n) is 4.10. The maximum atomic E-state index is 6.19. The Morgan fingerprint density at radius 1 is 1.04 bits per heavy atom. The maximum absolute atomic E-state index is 6.19. The van der Waals surface area contributed by atoms with Crippen LogP contribution in [-0.2, 0) is 0 Å². The molecule has 0 aliphatic heterocycles. The molecular formula is C20H17ClN4O. The third-order valence-corrected chi connectivity index (χ3v) is 4.33. The first kappa shape index (κ1) is 16.4. The number of hydrogen-bond acceptors (Lipinski definition) is 4. The van der Waals surface area contributed by atoms with Crippen molar-refractivity contribution in [3.8, 4) is 17.0 Å². The number of methoxy groups -OCH3 is 1. The van der Waals surface area contributed by atoms with E-state index in [0.29, 0.717) is 16.7 Å². The van der Waals surface area contributed by atoms with Crippen LogP contribution in [0, 0.1) is 6.92 Å². The van der Waals surface area contributed by atoms with E-state index in [1.54, 1.807) is 7.11 Å². The van der Waals surface area contributed by atoms with Crippen molar-refractivity contribution in [2.75, 3.05) is 12.4 Å². The molecule has 0 aliphatic carbocycles. The molecule has 0 saturated carbocycles. The summed E-state index contributed by atoms with van der Waals surface area (Å²) in [6, 6.07) is 17.5. The summed E-state index contributed by atoms with van der Waals surface area (Å²) in [5.74, 6) is 2.21. The van der Waals surface area contributed by atoms with Gasteiger partial charge in [0.05, 0.1) is 12.8 Å². The van der Waals surface area contributed by atoms with Crippen LogP contribution < -0.4 is 10.1 Å². The molecule has 0 atom stereocenters. The number of nitrogens with zero attached hydrogens (tertiary/aromatic N) is 2. The van der Waals surface area contributed by atoms with E-state index in [9.17, 15) is 0 Å². The predicted molar refractivity (Wildman–Crippen MR) is 105 cm³/mol. The Morgan fingerprint density at radius 2 is 1.92 bits per heavy atom. The van der Waals surface area contributed by atoms with Crippen molar-refractivity contribution in [3.63, 3.8) is 0 Å². The SMILES string of the molecule is COc1ccc2c(-c3cccc(Cl)c3)nc(Nc3cc(C)[nH]n3)cc2c1. The summed E-state index contributed by atoms with van der Waals surface area (Å²) >= 11 is 6.19. The number of H-pyrrole nitrogens is 1. The smallest absolute Gasteiger partial charge is 0.153 e. The van der Waals surface area contributed by atoms with E-state index in [0.717, 1.165) is 33.5 Å². The van der Waals surface area contributed by atoms with E-state index in [4.69, 9.17) is 21.3 Å². The van der Waals surface area contributed by atoms with Gasteiger partial charge in [0.15, 0.2) is 5.82 Å². The Morgan fingerprint density at radius 3 is 2.65 bits per heavy atom. The van der Waals surface area contributed by atoms with Crippen molar-refractivity contribution >= 4 is 34.0 Å². The van der Waals surface area contributed by atoms with Gasteiger partial charge in [0.2, 0.25) is 0 Å². The number of aryl methyl sites for hydroxylation is 1. The molecule has 4 rings (SSSR count). The van der Waals surface area contributed by atoms with Gasteiger partial charge in [-0.05, 0) is 48.7 Å². The van der Waals surface area contributed by atoms with E-state index < -0.39 is 0 Å². The van der Waals surface area contributed by atoms with Crippen LogP contribution in [0.15, 0.2) is 54.6 Å². The van der Waals surface area contributed by atoms with Gasteiger partial charge in [-0.1, -0.05) is 23.7 Å². The second-order valence-corrected chi connectivity index (χ2v) is 6.45. The average molecular weight is 365 g/mol. The van der Waals surface area contributed by atoms with Crippen LogP contribution in [0.3, 0.4) is 0 Å². The number of aromatic nitrogens is 3. The fourth-order valence-corrected chi connectivity index (χ4v) is 3.09. The molecule has 0 spiro atoms. The molecule has 2 aromatic carbocycles. The Labute approximate surface area is 156 Å². The van der Waals surface area contributed by atoms with Crippen LogP contribution >= 0.6 is 11.6 Å². The normalized spacial score (nSPS) is 10.9. The number of anilines is 2. The predicted octanol–water partition coefficient (Wildman–Crippen LogP) is 5.34. The lowest BCUT2D eigenvalue weighted by Crippen LogP contribution is -1.97. The molecule has 6 heteroatoms. The van der Waals surface area contributed by atoms with Gasteiger partial charge in [-0.25, -0.2) is 4.98 Å². The molecule has 130 valence electrons. The molecule has 0 unspecified atom stereocenters. The number of ether oxygens (including phenoxy) is 1. The van der Waals surface area contributed by atoms with Gasteiger partial charge in [-0.3, -0.25) is 5.10 Å². The number of aromatic amines is 1. The monoisotopic (exact) mass is 364 g/mol. The molecule has 0 amide bonds. The van der Waals surface area contributed by atoms with Crippen molar-refractivity contribution in [3.05, 3.63) is 65.3 Å². The molecule has 0 radical (unpaired) electrons. The minimum absolute atomic E-state index is 0.673. The Kier molecular flexibility index (Phi) is 4.22. The van der Waals surface area contributed by atoms with Crippen molar-refractivity contribution in [1.82, 2.24) is 15.2 Å². The van der Waals surface area contributed by atoms with Crippen LogP contribution in [0.1, 0.15) is 5.69 Å². The maximum Gasteiger partial charge on any atom is 0.153 e. The van der Waals surface area contributed by atoms with Gasteiger partial charge in [0.1, 0.15) is 11.6 Å². The van der Waals surface area contributed by atoms with Gasteiger partial charge in [-0.15, -0.1) is 0 Å². The number of hydrogen-bond donors (Lipinski definition) is 2. The van der Waals surface area contributed by atoms with Gasteiger partial charge in [0.25, 0.3) is 0 Å². The summed E-state index contributed by atoms with van der Waals surface area (Å²) in [7, 11) is 1.66. The van der Waals surface area contributed by atoms with E-state index in [1.807, 2.05) is 61.5 Å². The molecule has 0 fully saturated rings. The molecule has 0 bridgehead atoms. The summed E-state index contributed by atoms with van der Waals surface area (Å²) in [6.45, 7) is 1.95. The topological polar surface area (TPSA) is 62.8 Å². The summed E-state index contributed by atoms with van der Waals surface area (Å²) in [4.78, 5) is 4.81. The van der Waals surface area contributed by atoms with Gasteiger partial charge in [0, 0.05) is 27.7 Å². The molecule has 2 aromatic heterocycles. The Hall–Kier alpha value is -3.05. The Balaban J connectivity index is 1.89. The fourth-order valence-electron chi connectivity index (χ4n) is 2.90. The highest BCUT2D eigenvalue weighted by Gasteiger charge is 2.11. The van der Waals surface area contributed by atoms with Crippen LogP contribution in [0.4, 0.5) is 11.6 Å². The summed E-state index contributed by atoms with van der Waals surface area (Å²) in [6.07, 6.45) is 0. The molecule has 4 aromatic rings. The van der Waals surface area contributed by atoms with Crippen molar-refractivity contribution in [2.45, 2.75) is 6.92 Å². The Bertz CT molecular complexity index is 1090. The van der Waals surface area contributed by atoms with E-state index in [2.05, 4.69) is 15.5 Å². The lowest BCUT2D eigenvalue weighted by molar-refractivity contribution is 0.415. The molecule has 26 heavy (non-hydrogen) atoms.